The zero-order valence-electron chi connectivity index (χ0n) is 8.38. The quantitative estimate of drug-likeness (QED) is 0.635. The van der Waals surface area contributed by atoms with E-state index >= 15 is 0 Å². The third-order valence-corrected chi connectivity index (χ3v) is 3.69. The molecule has 0 aliphatic carbocycles. The summed E-state index contributed by atoms with van der Waals surface area (Å²) in [5.74, 6) is 0.608. The molecule has 0 radical (unpaired) electrons. The molecular weight excluding hydrogens is 168 g/mol. The minimum absolute atomic E-state index is 0.608. The highest BCUT2D eigenvalue weighted by atomic mass is 32.1. The number of hydrogen-bond acceptors (Lipinski definition) is 2. The van der Waals surface area contributed by atoms with E-state index in [0.717, 1.165) is 4.80 Å². The van der Waals surface area contributed by atoms with Gasteiger partial charge in [0.2, 0.25) is 0 Å². The molecule has 1 aromatic heterocycles. The lowest BCUT2D eigenvalue weighted by atomic mass is 10.1. The number of thiazole rings is 1. The molecule has 12 heavy (non-hydrogen) atoms. The Morgan fingerprint density at radius 1 is 1.42 bits per heavy atom. The molecule has 0 aliphatic heterocycles. The lowest BCUT2D eigenvalue weighted by Gasteiger charge is -2.02. The average Bonchev–Trinajstić information content (AvgIpc) is 2.30. The topological polar surface area (TPSA) is 17.3 Å². The summed E-state index contributed by atoms with van der Waals surface area (Å²) < 4.78 is 2.15. The van der Waals surface area contributed by atoms with E-state index in [1.165, 1.54) is 10.6 Å². The second-order valence-corrected chi connectivity index (χ2v) is 4.28. The van der Waals surface area contributed by atoms with Crippen LogP contribution in [-0.2, 0) is 7.05 Å². The van der Waals surface area contributed by atoms with Crippen LogP contribution in [0.1, 0.15) is 30.3 Å². The highest BCUT2D eigenvalue weighted by molar-refractivity contribution is 7.09. The third-order valence-electron chi connectivity index (χ3n) is 2.06. The van der Waals surface area contributed by atoms with Crippen LogP contribution in [0.25, 0.3) is 0 Å². The molecule has 0 saturated carbocycles. The van der Waals surface area contributed by atoms with E-state index in [-0.39, 0.29) is 0 Å². The Morgan fingerprint density at radius 3 is 2.25 bits per heavy atom. The Balaban J connectivity index is 3.36. The van der Waals surface area contributed by atoms with Crippen molar-refractivity contribution < 1.29 is 0 Å². The normalized spacial score (nSPS) is 13.0. The molecule has 0 saturated heterocycles. The van der Waals surface area contributed by atoms with E-state index in [9.17, 15) is 0 Å². The fourth-order valence-corrected chi connectivity index (χ4v) is 2.36. The highest BCUT2D eigenvalue weighted by Crippen LogP contribution is 2.20. The van der Waals surface area contributed by atoms with Crippen molar-refractivity contribution in [1.29, 1.82) is 0 Å². The molecule has 0 fully saturated rings. The van der Waals surface area contributed by atoms with Gasteiger partial charge in [0.05, 0.1) is 0 Å². The minimum Gasteiger partial charge on any atom is -0.324 e. The smallest absolute Gasteiger partial charge is 0.184 e. The Hall–Kier alpha value is -0.570. The Bertz CT molecular complexity index is 331. The van der Waals surface area contributed by atoms with Crippen LogP contribution in [0.4, 0.5) is 0 Å². The first-order valence-electron chi connectivity index (χ1n) is 4.17. The maximum atomic E-state index is 4.22. The van der Waals surface area contributed by atoms with Gasteiger partial charge in [0.15, 0.2) is 4.80 Å². The average molecular weight is 184 g/mol. The summed E-state index contributed by atoms with van der Waals surface area (Å²) in [4.78, 5) is 6.77. The van der Waals surface area contributed by atoms with E-state index in [4.69, 9.17) is 0 Å². The number of rotatable bonds is 1. The second-order valence-electron chi connectivity index (χ2n) is 3.27. The summed E-state index contributed by atoms with van der Waals surface area (Å²) in [6, 6.07) is 0. The SMILES string of the molecule is CN=c1sc(C(C)C)c(C)n1C. The van der Waals surface area contributed by atoms with E-state index in [1.54, 1.807) is 11.3 Å². The molecule has 0 N–H and O–H groups in total. The molecule has 0 bridgehead atoms. The van der Waals surface area contributed by atoms with Gasteiger partial charge in [-0.1, -0.05) is 13.8 Å². The Morgan fingerprint density at radius 2 is 2.00 bits per heavy atom. The van der Waals surface area contributed by atoms with Gasteiger partial charge < -0.3 is 4.57 Å². The van der Waals surface area contributed by atoms with Gasteiger partial charge in [-0.15, -0.1) is 11.3 Å². The summed E-state index contributed by atoms with van der Waals surface area (Å²) in [7, 11) is 3.91. The number of nitrogens with zero attached hydrogens (tertiary/aromatic N) is 2. The first-order valence-corrected chi connectivity index (χ1v) is 4.98. The predicted molar refractivity (Wildman–Crippen MR) is 53.6 cm³/mol. The number of aromatic nitrogens is 1. The van der Waals surface area contributed by atoms with Gasteiger partial charge in [-0.05, 0) is 12.8 Å². The molecule has 1 heterocycles. The molecule has 3 heteroatoms. The van der Waals surface area contributed by atoms with Crippen molar-refractivity contribution >= 4 is 11.3 Å². The van der Waals surface area contributed by atoms with Gasteiger partial charge >= 0.3 is 0 Å². The molecule has 0 atom stereocenters. The van der Waals surface area contributed by atoms with Crippen molar-refractivity contribution in [3.05, 3.63) is 15.4 Å². The zero-order chi connectivity index (χ0) is 9.30. The van der Waals surface area contributed by atoms with Gasteiger partial charge in [-0.2, -0.15) is 0 Å². The van der Waals surface area contributed by atoms with Gasteiger partial charge in [0.1, 0.15) is 0 Å². The van der Waals surface area contributed by atoms with Gasteiger partial charge in [0.25, 0.3) is 0 Å². The molecule has 0 aliphatic rings. The van der Waals surface area contributed by atoms with Crippen molar-refractivity contribution in [1.82, 2.24) is 4.57 Å². The van der Waals surface area contributed by atoms with Crippen molar-refractivity contribution in [3.63, 3.8) is 0 Å². The molecule has 1 aromatic rings. The van der Waals surface area contributed by atoms with Gasteiger partial charge in [0, 0.05) is 24.7 Å². The van der Waals surface area contributed by atoms with Crippen LogP contribution in [0, 0.1) is 6.92 Å². The van der Waals surface area contributed by atoms with Crippen LogP contribution in [0.15, 0.2) is 4.99 Å². The zero-order valence-corrected chi connectivity index (χ0v) is 9.20. The lowest BCUT2D eigenvalue weighted by Crippen LogP contribution is -2.10. The highest BCUT2D eigenvalue weighted by Gasteiger charge is 2.08. The molecule has 0 amide bonds. The molecule has 2 nitrogen and oxygen atoms in total. The van der Waals surface area contributed by atoms with E-state index in [1.807, 2.05) is 7.05 Å². The van der Waals surface area contributed by atoms with Crippen LogP contribution >= 0.6 is 11.3 Å². The Kier molecular flexibility index (Phi) is 2.73. The summed E-state index contributed by atoms with van der Waals surface area (Å²) >= 11 is 1.79. The van der Waals surface area contributed by atoms with Crippen molar-refractivity contribution in [2.75, 3.05) is 7.05 Å². The molecule has 68 valence electrons. The summed E-state index contributed by atoms with van der Waals surface area (Å²) in [6.45, 7) is 6.59. The van der Waals surface area contributed by atoms with Crippen molar-refractivity contribution in [3.8, 4) is 0 Å². The Labute approximate surface area is 77.6 Å². The van der Waals surface area contributed by atoms with Gasteiger partial charge in [-0.3, -0.25) is 4.99 Å². The standard InChI is InChI=1S/C9H16N2S/c1-6(2)8-7(3)11(5)9(10-4)12-8/h6H,1-5H3. The fraction of sp³-hybridized carbons (Fsp3) is 0.667. The van der Waals surface area contributed by atoms with Crippen LogP contribution in [0.2, 0.25) is 0 Å². The fourth-order valence-electron chi connectivity index (χ4n) is 1.28. The molecule has 0 spiro atoms. The monoisotopic (exact) mass is 184 g/mol. The van der Waals surface area contributed by atoms with Crippen LogP contribution in [0.5, 0.6) is 0 Å². The predicted octanol–water partition coefficient (Wildman–Crippen LogP) is 2.05. The van der Waals surface area contributed by atoms with Crippen LogP contribution < -0.4 is 4.80 Å². The third kappa shape index (κ3) is 1.46. The second kappa shape index (κ2) is 3.44. The largest absolute Gasteiger partial charge is 0.324 e. The first-order chi connectivity index (χ1) is 5.57. The minimum atomic E-state index is 0.608. The van der Waals surface area contributed by atoms with E-state index < -0.39 is 0 Å². The maximum absolute atomic E-state index is 4.22. The number of hydrogen-bond donors (Lipinski definition) is 0. The van der Waals surface area contributed by atoms with E-state index in [2.05, 4.69) is 37.4 Å². The molecule has 1 rings (SSSR count). The van der Waals surface area contributed by atoms with Gasteiger partial charge in [-0.25, -0.2) is 0 Å². The first kappa shape index (κ1) is 9.52. The van der Waals surface area contributed by atoms with E-state index in [0.29, 0.717) is 5.92 Å². The lowest BCUT2D eigenvalue weighted by molar-refractivity contribution is 0.794. The molecule has 0 aromatic carbocycles. The van der Waals surface area contributed by atoms with Crippen LogP contribution in [0.3, 0.4) is 0 Å². The van der Waals surface area contributed by atoms with Crippen molar-refractivity contribution in [2.24, 2.45) is 12.0 Å². The van der Waals surface area contributed by atoms with Crippen molar-refractivity contribution in [2.45, 2.75) is 26.7 Å². The maximum Gasteiger partial charge on any atom is 0.184 e. The summed E-state index contributed by atoms with van der Waals surface area (Å²) in [5.41, 5.74) is 1.34. The molecule has 0 unspecified atom stereocenters. The summed E-state index contributed by atoms with van der Waals surface area (Å²) in [6.07, 6.45) is 0. The molecular formula is C9H16N2S. The summed E-state index contributed by atoms with van der Waals surface area (Å²) in [5, 5.41) is 0. The van der Waals surface area contributed by atoms with Crippen LogP contribution in [-0.4, -0.2) is 11.6 Å².